The molecule has 0 spiro atoms. The van der Waals surface area contributed by atoms with E-state index >= 15 is 0 Å². The molecule has 26 heavy (non-hydrogen) atoms. The second-order valence-corrected chi connectivity index (χ2v) is 7.85. The highest BCUT2D eigenvalue weighted by molar-refractivity contribution is 7.99. The summed E-state index contributed by atoms with van der Waals surface area (Å²) in [6, 6.07) is 9.89. The number of fused-ring (bicyclic) bond motifs is 2. The molecular weight excluding hydrogens is 364 g/mol. The molecule has 0 radical (unpaired) electrons. The van der Waals surface area contributed by atoms with Crippen LogP contribution in [-0.2, 0) is 13.0 Å². The molecule has 4 aromatic rings. The average Bonchev–Trinajstić information content (AvgIpc) is 3.28. The number of benzene rings is 1. The quantitative estimate of drug-likeness (QED) is 0.225. The molecule has 0 amide bonds. The van der Waals surface area contributed by atoms with Crippen LogP contribution < -0.4 is 5.56 Å². The Kier molecular flexibility index (Phi) is 4.90. The van der Waals surface area contributed by atoms with Crippen LogP contribution in [0.3, 0.4) is 0 Å². The van der Waals surface area contributed by atoms with E-state index in [2.05, 4.69) is 21.5 Å². The number of para-hydroxylation sites is 2. The number of nitrogens with zero attached hydrogens (tertiary/aromatic N) is 3. The van der Waals surface area contributed by atoms with E-state index in [9.17, 15) is 4.79 Å². The van der Waals surface area contributed by atoms with Crippen LogP contribution in [0.5, 0.6) is 0 Å². The Morgan fingerprint density at radius 2 is 2.15 bits per heavy atom. The Labute approximate surface area is 158 Å². The van der Waals surface area contributed by atoms with Crippen molar-refractivity contribution in [2.75, 3.05) is 5.75 Å². The number of aryl methyl sites for hydroxylation is 1. The molecule has 0 aliphatic heterocycles. The standard InChI is InChI=1S/C19H18N4OS2/c1-2-10-23-18(24)13-9-12-25-17(13)22-19(23)26-11-5-8-16-20-14-6-3-4-7-15(14)21-16/h2-4,6-7,9,12H,1,5,8,10-11H2,(H,20,21). The summed E-state index contributed by atoms with van der Waals surface area (Å²) >= 11 is 3.12. The lowest BCUT2D eigenvalue weighted by Crippen LogP contribution is -2.22. The summed E-state index contributed by atoms with van der Waals surface area (Å²) in [6.07, 6.45) is 3.56. The van der Waals surface area contributed by atoms with Gasteiger partial charge in [0.2, 0.25) is 0 Å². The molecule has 5 nitrogen and oxygen atoms in total. The summed E-state index contributed by atoms with van der Waals surface area (Å²) in [7, 11) is 0. The minimum Gasteiger partial charge on any atom is -0.342 e. The van der Waals surface area contributed by atoms with Crippen LogP contribution in [0.2, 0.25) is 0 Å². The maximum Gasteiger partial charge on any atom is 0.263 e. The van der Waals surface area contributed by atoms with E-state index in [1.807, 2.05) is 35.7 Å². The van der Waals surface area contributed by atoms with Crippen LogP contribution in [0.25, 0.3) is 21.3 Å². The van der Waals surface area contributed by atoms with Gasteiger partial charge in [-0.05, 0) is 30.0 Å². The Bertz CT molecular complexity index is 1090. The van der Waals surface area contributed by atoms with E-state index in [1.165, 1.54) is 11.3 Å². The maximum atomic E-state index is 12.6. The molecule has 0 bridgehead atoms. The normalized spacial score (nSPS) is 11.4. The van der Waals surface area contributed by atoms with Crippen LogP contribution in [0.1, 0.15) is 12.2 Å². The second-order valence-electron chi connectivity index (χ2n) is 5.89. The van der Waals surface area contributed by atoms with Crippen molar-refractivity contribution in [3.05, 3.63) is 64.5 Å². The van der Waals surface area contributed by atoms with Crippen molar-refractivity contribution >= 4 is 44.3 Å². The highest BCUT2D eigenvalue weighted by atomic mass is 32.2. The molecule has 0 aliphatic rings. The van der Waals surface area contributed by atoms with Crippen molar-refractivity contribution < 1.29 is 0 Å². The Hall–Kier alpha value is -2.38. The number of H-pyrrole nitrogens is 1. The van der Waals surface area contributed by atoms with Crippen LogP contribution in [-0.4, -0.2) is 25.3 Å². The summed E-state index contributed by atoms with van der Waals surface area (Å²) in [6.45, 7) is 4.23. The lowest BCUT2D eigenvalue weighted by molar-refractivity contribution is 0.672. The molecule has 3 heterocycles. The van der Waals surface area contributed by atoms with Gasteiger partial charge >= 0.3 is 0 Å². The zero-order valence-corrected chi connectivity index (χ0v) is 15.8. The lowest BCUT2D eigenvalue weighted by atomic mass is 10.3. The van der Waals surface area contributed by atoms with Gasteiger partial charge in [-0.3, -0.25) is 9.36 Å². The summed E-state index contributed by atoms with van der Waals surface area (Å²) < 4.78 is 1.70. The SMILES string of the molecule is C=CCn1c(SCCCc2nc3ccccc3[nH]2)nc2sccc2c1=O. The van der Waals surface area contributed by atoms with Gasteiger partial charge in [0.05, 0.1) is 16.4 Å². The number of rotatable bonds is 7. The fourth-order valence-corrected chi connectivity index (χ4v) is 4.61. The number of hydrogen-bond donors (Lipinski definition) is 1. The van der Waals surface area contributed by atoms with E-state index in [0.717, 1.165) is 45.4 Å². The van der Waals surface area contributed by atoms with Gasteiger partial charge in [-0.25, -0.2) is 9.97 Å². The number of imidazole rings is 1. The molecular formula is C19H18N4OS2. The monoisotopic (exact) mass is 382 g/mol. The first-order chi connectivity index (χ1) is 12.8. The number of thioether (sulfide) groups is 1. The summed E-state index contributed by atoms with van der Waals surface area (Å²) in [4.78, 5) is 26.0. The van der Waals surface area contributed by atoms with Crippen LogP contribution in [0.15, 0.2) is 58.3 Å². The Morgan fingerprint density at radius 3 is 3.00 bits per heavy atom. The number of aromatic nitrogens is 4. The third-order valence-corrected chi connectivity index (χ3v) is 5.96. The van der Waals surface area contributed by atoms with E-state index in [0.29, 0.717) is 11.9 Å². The number of hydrogen-bond acceptors (Lipinski definition) is 5. The minimum atomic E-state index is 0.0101. The Balaban J connectivity index is 1.46. The molecule has 3 aromatic heterocycles. The largest absolute Gasteiger partial charge is 0.342 e. The van der Waals surface area contributed by atoms with Crippen LogP contribution >= 0.6 is 23.1 Å². The molecule has 0 unspecified atom stereocenters. The molecule has 1 N–H and O–H groups in total. The topological polar surface area (TPSA) is 63.6 Å². The Morgan fingerprint density at radius 1 is 1.27 bits per heavy atom. The summed E-state index contributed by atoms with van der Waals surface area (Å²) in [5.74, 6) is 1.87. The summed E-state index contributed by atoms with van der Waals surface area (Å²) in [5.41, 5.74) is 2.08. The zero-order chi connectivity index (χ0) is 17.9. The van der Waals surface area contributed by atoms with Crippen molar-refractivity contribution in [1.82, 2.24) is 19.5 Å². The van der Waals surface area contributed by atoms with E-state index in [4.69, 9.17) is 0 Å². The summed E-state index contributed by atoms with van der Waals surface area (Å²) in [5, 5.41) is 3.35. The van der Waals surface area contributed by atoms with E-state index in [1.54, 1.807) is 22.4 Å². The van der Waals surface area contributed by atoms with Gasteiger partial charge < -0.3 is 4.98 Å². The predicted molar refractivity (Wildman–Crippen MR) is 109 cm³/mol. The van der Waals surface area contributed by atoms with Crippen molar-refractivity contribution in [1.29, 1.82) is 0 Å². The highest BCUT2D eigenvalue weighted by Crippen LogP contribution is 2.22. The van der Waals surface area contributed by atoms with E-state index < -0.39 is 0 Å². The van der Waals surface area contributed by atoms with Gasteiger partial charge in [-0.1, -0.05) is 30.0 Å². The highest BCUT2D eigenvalue weighted by Gasteiger charge is 2.11. The fraction of sp³-hybridized carbons (Fsp3) is 0.211. The predicted octanol–water partition coefficient (Wildman–Crippen LogP) is 4.25. The smallest absolute Gasteiger partial charge is 0.263 e. The van der Waals surface area contributed by atoms with Crippen molar-refractivity contribution in [3.63, 3.8) is 0 Å². The molecule has 7 heteroatoms. The number of thiophene rings is 1. The van der Waals surface area contributed by atoms with Gasteiger partial charge in [-0.2, -0.15) is 0 Å². The number of aromatic amines is 1. The maximum absolute atomic E-state index is 12.6. The first kappa shape index (κ1) is 17.1. The van der Waals surface area contributed by atoms with Crippen molar-refractivity contribution in [3.8, 4) is 0 Å². The molecule has 0 fully saturated rings. The average molecular weight is 383 g/mol. The third-order valence-electron chi connectivity index (χ3n) is 4.09. The second kappa shape index (κ2) is 7.47. The number of allylic oxidation sites excluding steroid dienone is 1. The fourth-order valence-electron chi connectivity index (χ4n) is 2.86. The molecule has 0 saturated carbocycles. The van der Waals surface area contributed by atoms with Gasteiger partial charge in [0.1, 0.15) is 10.7 Å². The molecule has 0 atom stereocenters. The van der Waals surface area contributed by atoms with Crippen molar-refractivity contribution in [2.45, 2.75) is 24.5 Å². The molecule has 132 valence electrons. The van der Waals surface area contributed by atoms with Gasteiger partial charge in [0.25, 0.3) is 5.56 Å². The minimum absolute atomic E-state index is 0.0101. The van der Waals surface area contributed by atoms with Gasteiger partial charge in [-0.15, -0.1) is 17.9 Å². The van der Waals surface area contributed by atoms with E-state index in [-0.39, 0.29) is 5.56 Å². The molecule has 4 rings (SSSR count). The van der Waals surface area contributed by atoms with Crippen molar-refractivity contribution in [2.24, 2.45) is 0 Å². The van der Waals surface area contributed by atoms with Gasteiger partial charge in [0, 0.05) is 18.7 Å². The first-order valence-electron chi connectivity index (χ1n) is 8.41. The molecule has 0 saturated heterocycles. The lowest BCUT2D eigenvalue weighted by Gasteiger charge is -2.09. The number of nitrogens with one attached hydrogen (secondary N) is 1. The van der Waals surface area contributed by atoms with Crippen LogP contribution in [0.4, 0.5) is 0 Å². The molecule has 0 aliphatic carbocycles. The first-order valence-corrected chi connectivity index (χ1v) is 10.3. The van der Waals surface area contributed by atoms with Crippen LogP contribution in [0, 0.1) is 0 Å². The zero-order valence-electron chi connectivity index (χ0n) is 14.1. The van der Waals surface area contributed by atoms with Gasteiger partial charge in [0.15, 0.2) is 5.16 Å². The third kappa shape index (κ3) is 3.32. The molecule has 1 aromatic carbocycles.